The van der Waals surface area contributed by atoms with Crippen molar-refractivity contribution in [2.24, 2.45) is 0 Å². The summed E-state index contributed by atoms with van der Waals surface area (Å²) in [5.41, 5.74) is 0.296. The van der Waals surface area contributed by atoms with Gasteiger partial charge in [-0.2, -0.15) is 13.7 Å². The van der Waals surface area contributed by atoms with E-state index in [2.05, 4.69) is 5.32 Å². The highest BCUT2D eigenvalue weighted by molar-refractivity contribution is 7.87. The molecule has 0 radical (unpaired) electrons. The molecule has 0 aromatic heterocycles. The Morgan fingerprint density at radius 3 is 2.24 bits per heavy atom. The summed E-state index contributed by atoms with van der Waals surface area (Å²) in [5.74, 6) is -0.224. The maximum atomic E-state index is 12.5. The summed E-state index contributed by atoms with van der Waals surface area (Å²) in [4.78, 5) is 12.5. The monoisotopic (exact) mass is 502 g/mol. The molecule has 10 heteroatoms. The second-order valence-electron chi connectivity index (χ2n) is 6.51. The summed E-state index contributed by atoms with van der Waals surface area (Å²) < 4.78 is 35.3. The molecule has 3 rings (SSSR count). The Balaban J connectivity index is 1.82. The van der Waals surface area contributed by atoms with E-state index in [0.29, 0.717) is 11.3 Å². The zero-order chi connectivity index (χ0) is 24.0. The number of carbonyl (C=O) groups is 1. The number of hydrogen-bond acceptors (Lipinski definition) is 6. The maximum absolute atomic E-state index is 12.5. The smallest absolute Gasteiger partial charge is 0.339 e. The highest BCUT2D eigenvalue weighted by atomic mass is 35.5. The van der Waals surface area contributed by atoms with Gasteiger partial charge in [0.2, 0.25) is 0 Å². The average Bonchev–Trinajstić information content (AvgIpc) is 2.80. The van der Waals surface area contributed by atoms with E-state index in [1.165, 1.54) is 55.7 Å². The molecule has 0 aliphatic heterocycles. The fraction of sp³-hybridized carbons (Fsp3) is 0.0435. The Kier molecular flexibility index (Phi) is 7.61. The zero-order valence-corrected chi connectivity index (χ0v) is 19.4. The van der Waals surface area contributed by atoms with Gasteiger partial charge in [-0.25, -0.2) is 0 Å². The van der Waals surface area contributed by atoms with Crippen molar-refractivity contribution >= 4 is 51.0 Å². The van der Waals surface area contributed by atoms with Crippen LogP contribution in [-0.2, 0) is 14.9 Å². The molecular weight excluding hydrogens is 487 g/mol. The van der Waals surface area contributed by atoms with Gasteiger partial charge in [0, 0.05) is 0 Å². The standard InChI is InChI=1S/C23H16Cl2N2O5S/c1-31-17-8-10-19(11-9-17)33(29,30)32-18-5-2-4-15(13-18)12-16(14-26)23(28)27-22-20(24)6-3-7-21(22)25/h2-13H,1H3,(H,27,28)/b16-12+. The quantitative estimate of drug-likeness (QED) is 0.266. The molecule has 0 atom stereocenters. The number of amides is 1. The fourth-order valence-electron chi connectivity index (χ4n) is 2.69. The van der Waals surface area contributed by atoms with Crippen molar-refractivity contribution in [2.45, 2.75) is 4.90 Å². The molecule has 1 amide bonds. The number of nitriles is 1. The number of nitrogens with zero attached hydrogens (tertiary/aromatic N) is 1. The third kappa shape index (κ3) is 6.05. The van der Waals surface area contributed by atoms with Crippen molar-refractivity contribution in [2.75, 3.05) is 12.4 Å². The second-order valence-corrected chi connectivity index (χ2v) is 8.87. The summed E-state index contributed by atoms with van der Waals surface area (Å²) in [7, 11) is -2.64. The maximum Gasteiger partial charge on any atom is 0.339 e. The van der Waals surface area contributed by atoms with Crippen LogP contribution in [0.1, 0.15) is 5.56 Å². The lowest BCUT2D eigenvalue weighted by atomic mass is 10.1. The molecule has 0 bridgehead atoms. The fourth-order valence-corrected chi connectivity index (χ4v) is 4.10. The Labute approximate surface area is 200 Å². The molecule has 0 saturated carbocycles. The number of para-hydroxylation sites is 1. The van der Waals surface area contributed by atoms with E-state index in [9.17, 15) is 18.5 Å². The molecule has 7 nitrogen and oxygen atoms in total. The first kappa shape index (κ1) is 24.1. The van der Waals surface area contributed by atoms with Gasteiger partial charge in [-0.15, -0.1) is 0 Å². The second kappa shape index (κ2) is 10.4. The molecule has 0 aliphatic carbocycles. The van der Waals surface area contributed by atoms with Crippen LogP contribution in [-0.4, -0.2) is 21.4 Å². The van der Waals surface area contributed by atoms with Crippen LogP contribution in [0.5, 0.6) is 11.5 Å². The normalized spacial score (nSPS) is 11.4. The predicted molar refractivity (Wildman–Crippen MR) is 126 cm³/mol. The average molecular weight is 503 g/mol. The first-order valence-corrected chi connectivity index (χ1v) is 11.5. The zero-order valence-electron chi connectivity index (χ0n) is 17.1. The lowest BCUT2D eigenvalue weighted by molar-refractivity contribution is -0.112. The minimum Gasteiger partial charge on any atom is -0.497 e. The van der Waals surface area contributed by atoms with Crippen molar-refractivity contribution in [3.63, 3.8) is 0 Å². The summed E-state index contributed by atoms with van der Waals surface area (Å²) >= 11 is 12.1. The van der Waals surface area contributed by atoms with Gasteiger partial charge >= 0.3 is 10.1 Å². The van der Waals surface area contributed by atoms with Crippen LogP contribution in [0.4, 0.5) is 5.69 Å². The van der Waals surface area contributed by atoms with E-state index in [1.54, 1.807) is 30.3 Å². The van der Waals surface area contributed by atoms with Gasteiger partial charge in [0.15, 0.2) is 0 Å². The van der Waals surface area contributed by atoms with E-state index in [4.69, 9.17) is 32.1 Å². The van der Waals surface area contributed by atoms with Crippen molar-refractivity contribution in [3.05, 3.63) is 87.9 Å². The molecule has 3 aromatic rings. The van der Waals surface area contributed by atoms with Crippen LogP contribution in [0.15, 0.2) is 77.2 Å². The molecule has 168 valence electrons. The Morgan fingerprint density at radius 2 is 1.64 bits per heavy atom. The molecule has 0 fully saturated rings. The van der Waals surface area contributed by atoms with Crippen molar-refractivity contribution < 1.29 is 22.1 Å². The number of halogens is 2. The number of ether oxygens (including phenoxy) is 1. The topological polar surface area (TPSA) is 105 Å². The molecule has 0 saturated heterocycles. The van der Waals surface area contributed by atoms with Gasteiger partial charge in [0.1, 0.15) is 28.0 Å². The molecule has 0 spiro atoms. The van der Waals surface area contributed by atoms with Gasteiger partial charge in [-0.3, -0.25) is 4.79 Å². The van der Waals surface area contributed by atoms with Gasteiger partial charge in [0.05, 0.1) is 22.8 Å². The van der Waals surface area contributed by atoms with Crippen LogP contribution in [0, 0.1) is 11.3 Å². The van der Waals surface area contributed by atoms with Gasteiger partial charge in [-0.05, 0) is 60.2 Å². The van der Waals surface area contributed by atoms with E-state index in [-0.39, 0.29) is 32.0 Å². The van der Waals surface area contributed by atoms with Crippen LogP contribution >= 0.6 is 23.2 Å². The van der Waals surface area contributed by atoms with E-state index >= 15 is 0 Å². The van der Waals surface area contributed by atoms with Crippen molar-refractivity contribution in [3.8, 4) is 17.6 Å². The number of carbonyl (C=O) groups excluding carboxylic acids is 1. The predicted octanol–water partition coefficient (Wildman–Crippen LogP) is 5.32. The lowest BCUT2D eigenvalue weighted by Gasteiger charge is -2.09. The molecular formula is C23H16Cl2N2O5S. The van der Waals surface area contributed by atoms with E-state index in [1.807, 2.05) is 0 Å². The van der Waals surface area contributed by atoms with Crippen LogP contribution < -0.4 is 14.2 Å². The third-order valence-electron chi connectivity index (χ3n) is 4.29. The van der Waals surface area contributed by atoms with Crippen LogP contribution in [0.3, 0.4) is 0 Å². The molecule has 33 heavy (non-hydrogen) atoms. The van der Waals surface area contributed by atoms with Crippen LogP contribution in [0.2, 0.25) is 10.0 Å². The van der Waals surface area contributed by atoms with E-state index < -0.39 is 16.0 Å². The molecule has 0 aliphatic rings. The first-order chi connectivity index (χ1) is 15.7. The highest BCUT2D eigenvalue weighted by Gasteiger charge is 2.18. The Morgan fingerprint density at radius 1 is 1.00 bits per heavy atom. The number of hydrogen-bond donors (Lipinski definition) is 1. The number of nitrogens with one attached hydrogen (secondary N) is 1. The molecule has 1 N–H and O–H groups in total. The summed E-state index contributed by atoms with van der Waals surface area (Å²) in [5, 5.41) is 12.4. The lowest BCUT2D eigenvalue weighted by Crippen LogP contribution is -2.14. The highest BCUT2D eigenvalue weighted by Crippen LogP contribution is 2.30. The summed E-state index contributed by atoms with van der Waals surface area (Å²) in [6, 6.07) is 18.2. The number of rotatable bonds is 7. The van der Waals surface area contributed by atoms with Crippen molar-refractivity contribution in [1.29, 1.82) is 5.26 Å². The van der Waals surface area contributed by atoms with Gasteiger partial charge in [0.25, 0.3) is 5.91 Å². The van der Waals surface area contributed by atoms with Gasteiger partial charge < -0.3 is 14.2 Å². The Bertz CT molecular complexity index is 1340. The molecule has 0 heterocycles. The minimum atomic E-state index is -4.11. The number of benzene rings is 3. The number of methoxy groups -OCH3 is 1. The summed E-state index contributed by atoms with van der Waals surface area (Å²) in [6.45, 7) is 0. The van der Waals surface area contributed by atoms with Crippen LogP contribution in [0.25, 0.3) is 6.08 Å². The molecule has 0 unspecified atom stereocenters. The van der Waals surface area contributed by atoms with Gasteiger partial charge in [-0.1, -0.05) is 41.4 Å². The summed E-state index contributed by atoms with van der Waals surface area (Å²) in [6.07, 6.45) is 1.28. The minimum absolute atomic E-state index is 0.00594. The van der Waals surface area contributed by atoms with E-state index in [0.717, 1.165) is 0 Å². The number of anilines is 1. The first-order valence-electron chi connectivity index (χ1n) is 9.29. The largest absolute Gasteiger partial charge is 0.497 e. The third-order valence-corrected chi connectivity index (χ3v) is 6.18. The Hall–Kier alpha value is -3.51. The molecule has 3 aromatic carbocycles. The van der Waals surface area contributed by atoms with Crippen molar-refractivity contribution in [1.82, 2.24) is 0 Å². The SMILES string of the molecule is COc1ccc(S(=O)(=O)Oc2cccc(/C=C(\C#N)C(=O)Nc3c(Cl)cccc3Cl)c2)cc1.